The molecule has 0 aromatic rings. The van der Waals surface area contributed by atoms with Crippen molar-refractivity contribution in [1.29, 1.82) is 0 Å². The third kappa shape index (κ3) is 9.92. The zero-order valence-corrected chi connectivity index (χ0v) is 15.6. The molecule has 0 saturated heterocycles. The fraction of sp³-hybridized carbons (Fsp3) is 0.625. The molecule has 0 aliphatic heterocycles. The first-order chi connectivity index (χ1) is 12.5. The van der Waals surface area contributed by atoms with E-state index in [2.05, 4.69) is 0 Å². The van der Waals surface area contributed by atoms with Gasteiger partial charge in [0.1, 0.15) is 6.61 Å². The van der Waals surface area contributed by atoms with Gasteiger partial charge in [-0.1, -0.05) is 0 Å². The highest BCUT2D eigenvalue weighted by Crippen LogP contribution is 2.19. The number of carbonyl (C=O) groups is 6. The Balaban J connectivity index is 6.00. The number of hydrogen-bond acceptors (Lipinski definition) is 11. The summed E-state index contributed by atoms with van der Waals surface area (Å²) in [5, 5.41) is 0. The predicted molar refractivity (Wildman–Crippen MR) is 84.9 cm³/mol. The van der Waals surface area contributed by atoms with Gasteiger partial charge in [-0.2, -0.15) is 0 Å². The summed E-state index contributed by atoms with van der Waals surface area (Å²) in [6.07, 6.45) is -6.23. The first-order valence-corrected chi connectivity index (χ1v) is 7.75. The van der Waals surface area contributed by atoms with Gasteiger partial charge in [0, 0.05) is 34.6 Å². The van der Waals surface area contributed by atoms with E-state index in [-0.39, 0.29) is 6.29 Å². The highest BCUT2D eigenvalue weighted by molar-refractivity contribution is 5.72. The Labute approximate surface area is 155 Å². The smallest absolute Gasteiger partial charge is 0.303 e. The summed E-state index contributed by atoms with van der Waals surface area (Å²) in [6.45, 7) is 4.56. The van der Waals surface area contributed by atoms with Gasteiger partial charge in [-0.05, 0) is 0 Å². The standard InChI is InChI=1S/C16H22O11/c1-8(18)23-7-14(25-10(3)20)16(27-12(5)22)15(26-11(4)21)13(6-17)24-9(2)19/h6,13-16H,7H2,1-5H3/t13-,14+,15+,16+/m0/s1/i6+1,7+1,13+1,14+1,15+1,16+1. The molecule has 0 rings (SSSR count). The molecule has 11 nitrogen and oxygen atoms in total. The topological polar surface area (TPSA) is 149 Å². The zero-order valence-electron chi connectivity index (χ0n) is 15.6. The summed E-state index contributed by atoms with van der Waals surface area (Å²) >= 11 is 0. The molecule has 0 aromatic heterocycles. The van der Waals surface area contributed by atoms with E-state index in [4.69, 9.17) is 23.7 Å². The highest BCUT2D eigenvalue weighted by atomic mass is 16.8. The summed E-state index contributed by atoms with van der Waals surface area (Å²) in [5.74, 6) is -4.23. The van der Waals surface area contributed by atoms with Crippen LogP contribution in [0.2, 0.25) is 0 Å². The van der Waals surface area contributed by atoms with Crippen molar-refractivity contribution in [3.63, 3.8) is 0 Å². The largest absolute Gasteiger partial charge is 0.462 e. The third-order valence-corrected chi connectivity index (χ3v) is 2.82. The second-order valence-corrected chi connectivity index (χ2v) is 5.31. The fourth-order valence-corrected chi connectivity index (χ4v) is 2.03. The molecule has 0 heterocycles. The number of carbonyl (C=O) groups excluding carboxylic acids is 6. The van der Waals surface area contributed by atoms with Gasteiger partial charge in [0.15, 0.2) is 30.7 Å². The molecule has 11 heteroatoms. The minimum absolute atomic E-state index is 0.155. The zero-order chi connectivity index (χ0) is 21.1. The molecule has 0 saturated carbocycles. The van der Waals surface area contributed by atoms with Gasteiger partial charge >= 0.3 is 29.8 Å². The molecule has 0 radical (unpaired) electrons. The van der Waals surface area contributed by atoms with Crippen molar-refractivity contribution in [3.05, 3.63) is 0 Å². The fourth-order valence-electron chi connectivity index (χ4n) is 2.03. The Kier molecular flexibility index (Phi) is 10.3. The van der Waals surface area contributed by atoms with Crippen LogP contribution in [0.25, 0.3) is 0 Å². The monoisotopic (exact) mass is 396 g/mol. The molecule has 0 fully saturated rings. The van der Waals surface area contributed by atoms with Crippen LogP contribution in [0.15, 0.2) is 0 Å². The first kappa shape index (κ1) is 24.0. The van der Waals surface area contributed by atoms with Crippen LogP contribution in [0.5, 0.6) is 0 Å². The maximum atomic E-state index is 11.5. The number of hydrogen-bond donors (Lipinski definition) is 0. The highest BCUT2D eigenvalue weighted by Gasteiger charge is 2.43. The number of rotatable bonds is 10. The molecular formula is C16H22O11. The summed E-state index contributed by atoms with van der Waals surface area (Å²) in [7, 11) is 0. The maximum Gasteiger partial charge on any atom is 0.303 e. The Morgan fingerprint density at radius 1 is 0.667 bits per heavy atom. The van der Waals surface area contributed by atoms with Gasteiger partial charge in [-0.3, -0.25) is 28.8 Å². The molecule has 0 amide bonds. The lowest BCUT2D eigenvalue weighted by atomic mass is 10.8. The van der Waals surface area contributed by atoms with Crippen LogP contribution in [-0.2, 0) is 52.5 Å². The van der Waals surface area contributed by atoms with Crippen molar-refractivity contribution < 1.29 is 52.5 Å². The van der Waals surface area contributed by atoms with Crippen LogP contribution >= 0.6 is 0 Å². The van der Waals surface area contributed by atoms with Crippen molar-refractivity contribution in [2.75, 3.05) is 6.61 Å². The van der Waals surface area contributed by atoms with E-state index in [9.17, 15) is 28.8 Å². The van der Waals surface area contributed by atoms with E-state index in [1.54, 1.807) is 0 Å². The number of ether oxygens (including phenoxy) is 5. The SMILES string of the molecule is CC(=O)O[13CH2][13C@@H](OC(C)=O)[13C@@H](OC(C)=O)[13C@H](OC(C)=O)[13C@H]([13CH]=O)OC(C)=O. The van der Waals surface area contributed by atoms with Gasteiger partial charge < -0.3 is 23.7 Å². The van der Waals surface area contributed by atoms with Crippen LogP contribution in [0.4, 0.5) is 0 Å². The molecule has 0 spiro atoms. The van der Waals surface area contributed by atoms with Gasteiger partial charge in [-0.15, -0.1) is 0 Å². The van der Waals surface area contributed by atoms with Crippen molar-refractivity contribution in [2.45, 2.75) is 59.0 Å². The molecule has 4 atom stereocenters. The summed E-state index contributed by atoms with van der Waals surface area (Å²) in [6, 6.07) is 0. The Bertz CT molecular complexity index is 583. The Morgan fingerprint density at radius 2 is 1.11 bits per heavy atom. The van der Waals surface area contributed by atoms with Crippen LogP contribution in [0, 0.1) is 0 Å². The lowest BCUT2D eigenvalue weighted by Gasteiger charge is -2.33. The quantitative estimate of drug-likeness (QED) is 0.203. The van der Waals surface area contributed by atoms with Crippen LogP contribution in [0.1, 0.15) is 34.6 Å². The molecule has 0 N–H and O–H groups in total. The molecule has 152 valence electrons. The summed E-state index contributed by atoms with van der Waals surface area (Å²) < 4.78 is 24.6. The Morgan fingerprint density at radius 3 is 1.48 bits per heavy atom. The minimum Gasteiger partial charge on any atom is -0.462 e. The van der Waals surface area contributed by atoms with Crippen LogP contribution in [-0.4, -0.2) is 67.2 Å². The van der Waals surface area contributed by atoms with E-state index in [1.807, 2.05) is 0 Å². The lowest BCUT2D eigenvalue weighted by Crippen LogP contribution is -2.53. The third-order valence-electron chi connectivity index (χ3n) is 2.82. The Hall–Kier alpha value is -2.98. The lowest BCUT2D eigenvalue weighted by molar-refractivity contribution is -0.201. The maximum absolute atomic E-state index is 11.5. The van der Waals surface area contributed by atoms with Gasteiger partial charge in [0.25, 0.3) is 0 Å². The molecule has 0 aliphatic rings. The van der Waals surface area contributed by atoms with Gasteiger partial charge in [0.05, 0.1) is 0 Å². The first-order valence-electron chi connectivity index (χ1n) is 7.75. The van der Waals surface area contributed by atoms with Crippen molar-refractivity contribution in [3.8, 4) is 0 Å². The summed E-state index contributed by atoms with van der Waals surface area (Å²) in [5.41, 5.74) is 0. The van der Waals surface area contributed by atoms with E-state index in [0.29, 0.717) is 0 Å². The van der Waals surface area contributed by atoms with E-state index >= 15 is 0 Å². The molecule has 0 aliphatic carbocycles. The molecule has 27 heavy (non-hydrogen) atoms. The second-order valence-electron chi connectivity index (χ2n) is 5.31. The van der Waals surface area contributed by atoms with Crippen molar-refractivity contribution >= 4 is 36.1 Å². The minimum atomic E-state index is -1.67. The van der Waals surface area contributed by atoms with Gasteiger partial charge in [-0.25, -0.2) is 0 Å². The van der Waals surface area contributed by atoms with Crippen LogP contribution in [0.3, 0.4) is 0 Å². The van der Waals surface area contributed by atoms with Crippen molar-refractivity contribution in [1.82, 2.24) is 0 Å². The number of aldehydes is 1. The number of esters is 5. The van der Waals surface area contributed by atoms with Gasteiger partial charge in [0.2, 0.25) is 0 Å². The normalized spacial score (nSPS) is 14.6. The van der Waals surface area contributed by atoms with E-state index < -0.39 is 60.9 Å². The molecule has 0 unspecified atom stereocenters. The molecule has 0 aromatic carbocycles. The predicted octanol–water partition coefficient (Wildman–Crippen LogP) is -0.525. The van der Waals surface area contributed by atoms with Crippen molar-refractivity contribution in [2.24, 2.45) is 0 Å². The summed E-state index contributed by atoms with van der Waals surface area (Å²) in [4.78, 5) is 68.0. The average molecular weight is 396 g/mol. The molecule has 0 bridgehead atoms. The van der Waals surface area contributed by atoms with E-state index in [1.165, 1.54) is 0 Å². The van der Waals surface area contributed by atoms with E-state index in [0.717, 1.165) is 34.6 Å². The van der Waals surface area contributed by atoms with Crippen LogP contribution < -0.4 is 0 Å². The average Bonchev–Trinajstić information content (AvgIpc) is 2.51. The second kappa shape index (κ2) is 11.6. The molecular weight excluding hydrogens is 374 g/mol.